The third-order valence-electron chi connectivity index (χ3n) is 5.10. The molecule has 3 heterocycles. The van der Waals surface area contributed by atoms with Crippen molar-refractivity contribution in [3.8, 4) is 0 Å². The molecule has 0 bridgehead atoms. The monoisotopic (exact) mass is 397 g/mol. The molecule has 2 atom stereocenters. The van der Waals surface area contributed by atoms with E-state index in [1.807, 2.05) is 30.5 Å². The molecule has 7 nitrogen and oxygen atoms in total. The number of hydrogen-bond donors (Lipinski definition) is 1. The molecule has 0 radical (unpaired) electrons. The fraction of sp³-hybridized carbons (Fsp3) is 0.500. The topological polar surface area (TPSA) is 70.6 Å². The Labute approximate surface area is 173 Å². The zero-order valence-corrected chi connectivity index (χ0v) is 17.8. The molecule has 2 aromatic rings. The number of hydrogen-bond acceptors (Lipinski definition) is 6. The van der Waals surface area contributed by atoms with Gasteiger partial charge in [0, 0.05) is 45.1 Å². The van der Waals surface area contributed by atoms with Gasteiger partial charge in [0.05, 0.1) is 17.8 Å². The zero-order valence-electron chi connectivity index (χ0n) is 17.8. The molecule has 1 fully saturated rings. The van der Waals surface area contributed by atoms with Crippen molar-refractivity contribution < 1.29 is 9.53 Å². The van der Waals surface area contributed by atoms with Gasteiger partial charge < -0.3 is 19.9 Å². The number of aromatic nitrogens is 2. The van der Waals surface area contributed by atoms with Gasteiger partial charge >= 0.3 is 0 Å². The lowest BCUT2D eigenvalue weighted by Crippen LogP contribution is -2.45. The summed E-state index contributed by atoms with van der Waals surface area (Å²) in [6, 6.07) is 7.72. The molecule has 3 rings (SSSR count). The minimum Gasteiger partial charge on any atom is -0.372 e. The van der Waals surface area contributed by atoms with E-state index in [-0.39, 0.29) is 18.1 Å². The Morgan fingerprint density at radius 1 is 1.10 bits per heavy atom. The molecule has 1 N–H and O–H groups in total. The van der Waals surface area contributed by atoms with E-state index in [0.29, 0.717) is 12.1 Å². The largest absolute Gasteiger partial charge is 0.372 e. The van der Waals surface area contributed by atoms with Gasteiger partial charge in [0.2, 0.25) is 0 Å². The summed E-state index contributed by atoms with van der Waals surface area (Å²) in [5.41, 5.74) is 1.52. The maximum atomic E-state index is 12.4. The summed E-state index contributed by atoms with van der Waals surface area (Å²) in [5.74, 6) is 1.69. The number of anilines is 2. The Balaban J connectivity index is 1.55. The van der Waals surface area contributed by atoms with E-state index in [1.54, 1.807) is 6.20 Å². The highest BCUT2D eigenvalue weighted by Gasteiger charge is 2.23. The van der Waals surface area contributed by atoms with Crippen molar-refractivity contribution in [2.24, 2.45) is 0 Å². The molecule has 29 heavy (non-hydrogen) atoms. The summed E-state index contributed by atoms with van der Waals surface area (Å²) in [4.78, 5) is 25.8. The van der Waals surface area contributed by atoms with Crippen molar-refractivity contribution in [3.63, 3.8) is 0 Å². The second kappa shape index (κ2) is 9.69. The second-order valence-corrected chi connectivity index (χ2v) is 7.45. The quantitative estimate of drug-likeness (QED) is 0.775. The van der Waals surface area contributed by atoms with Gasteiger partial charge in [-0.3, -0.25) is 4.79 Å². The number of rotatable bonds is 7. The standard InChI is InChI=1S/C22H31N5O2/c1-5-26(6-2)20-10-8-19(13-24-20)22(28)25-12-18-7-9-21(23-11-18)27-14-16(3)29-17(4)15-27/h7-11,13,16-17H,5-6,12,14-15H2,1-4H3,(H,25,28). The third-order valence-corrected chi connectivity index (χ3v) is 5.10. The Bertz CT molecular complexity index is 780. The van der Waals surface area contributed by atoms with Crippen LogP contribution in [0, 0.1) is 0 Å². The molecular weight excluding hydrogens is 366 g/mol. The van der Waals surface area contributed by atoms with Gasteiger partial charge in [-0.15, -0.1) is 0 Å². The van der Waals surface area contributed by atoms with E-state index in [0.717, 1.165) is 43.4 Å². The van der Waals surface area contributed by atoms with Crippen molar-refractivity contribution in [2.75, 3.05) is 36.0 Å². The molecule has 1 amide bonds. The highest BCUT2D eigenvalue weighted by molar-refractivity contribution is 5.94. The molecule has 1 aliphatic heterocycles. The van der Waals surface area contributed by atoms with E-state index in [1.165, 1.54) is 0 Å². The van der Waals surface area contributed by atoms with E-state index in [9.17, 15) is 4.79 Å². The van der Waals surface area contributed by atoms with Gasteiger partial charge in [0.1, 0.15) is 11.6 Å². The third kappa shape index (κ3) is 5.44. The van der Waals surface area contributed by atoms with E-state index >= 15 is 0 Å². The van der Waals surface area contributed by atoms with Crippen LogP contribution in [0.25, 0.3) is 0 Å². The van der Waals surface area contributed by atoms with Gasteiger partial charge in [-0.25, -0.2) is 9.97 Å². The predicted molar refractivity (Wildman–Crippen MR) is 115 cm³/mol. The normalized spacial score (nSPS) is 19.1. The van der Waals surface area contributed by atoms with Gasteiger partial charge in [0.15, 0.2) is 0 Å². The van der Waals surface area contributed by atoms with Crippen molar-refractivity contribution in [1.29, 1.82) is 0 Å². The van der Waals surface area contributed by atoms with Crippen molar-refractivity contribution in [2.45, 2.75) is 46.4 Å². The Morgan fingerprint density at radius 2 is 1.83 bits per heavy atom. The van der Waals surface area contributed by atoms with Gasteiger partial charge in [-0.2, -0.15) is 0 Å². The Morgan fingerprint density at radius 3 is 2.38 bits per heavy atom. The van der Waals surface area contributed by atoms with Crippen LogP contribution in [0.4, 0.5) is 11.6 Å². The predicted octanol–water partition coefficient (Wildman–Crippen LogP) is 2.87. The smallest absolute Gasteiger partial charge is 0.253 e. The van der Waals surface area contributed by atoms with E-state index < -0.39 is 0 Å². The maximum Gasteiger partial charge on any atom is 0.253 e. The fourth-order valence-corrected chi connectivity index (χ4v) is 3.61. The first-order valence-electron chi connectivity index (χ1n) is 10.3. The number of morpholine rings is 1. The highest BCUT2D eigenvalue weighted by atomic mass is 16.5. The molecule has 7 heteroatoms. The average Bonchev–Trinajstić information content (AvgIpc) is 2.73. The van der Waals surface area contributed by atoms with Crippen molar-refractivity contribution in [1.82, 2.24) is 15.3 Å². The molecule has 0 spiro atoms. The van der Waals surface area contributed by atoms with Crippen LogP contribution in [-0.2, 0) is 11.3 Å². The van der Waals surface area contributed by atoms with Gasteiger partial charge in [0.25, 0.3) is 5.91 Å². The summed E-state index contributed by atoms with van der Waals surface area (Å²) in [6.07, 6.45) is 3.84. The number of nitrogens with zero attached hydrogens (tertiary/aromatic N) is 4. The number of carbonyl (C=O) groups is 1. The van der Waals surface area contributed by atoms with Crippen LogP contribution in [0.1, 0.15) is 43.6 Å². The number of carbonyl (C=O) groups excluding carboxylic acids is 1. The average molecular weight is 398 g/mol. The first-order valence-corrected chi connectivity index (χ1v) is 10.3. The second-order valence-electron chi connectivity index (χ2n) is 7.45. The molecule has 2 aromatic heterocycles. The van der Waals surface area contributed by atoms with Crippen LogP contribution < -0.4 is 15.1 Å². The molecular formula is C22H31N5O2. The lowest BCUT2D eigenvalue weighted by molar-refractivity contribution is -0.00546. The zero-order chi connectivity index (χ0) is 20.8. The summed E-state index contributed by atoms with van der Waals surface area (Å²) >= 11 is 0. The lowest BCUT2D eigenvalue weighted by Gasteiger charge is -2.36. The van der Waals surface area contributed by atoms with E-state index in [2.05, 4.69) is 52.8 Å². The number of pyridine rings is 2. The van der Waals surface area contributed by atoms with Crippen LogP contribution >= 0.6 is 0 Å². The maximum absolute atomic E-state index is 12.4. The summed E-state index contributed by atoms with van der Waals surface area (Å²) in [5, 5.41) is 2.94. The molecule has 0 saturated carbocycles. The SMILES string of the molecule is CCN(CC)c1ccc(C(=O)NCc2ccc(N3CC(C)OC(C)C3)nc2)cn1. The fourth-order valence-electron chi connectivity index (χ4n) is 3.61. The van der Waals surface area contributed by atoms with Crippen LogP contribution in [-0.4, -0.2) is 54.3 Å². The lowest BCUT2D eigenvalue weighted by atomic mass is 10.2. The number of amides is 1. The number of ether oxygens (including phenoxy) is 1. The van der Waals surface area contributed by atoms with E-state index in [4.69, 9.17) is 4.74 Å². The molecule has 0 aliphatic carbocycles. The minimum absolute atomic E-state index is 0.136. The van der Waals surface area contributed by atoms with Crippen molar-refractivity contribution >= 4 is 17.5 Å². The van der Waals surface area contributed by atoms with Crippen LogP contribution in [0.5, 0.6) is 0 Å². The van der Waals surface area contributed by atoms with Gasteiger partial charge in [-0.05, 0) is 51.5 Å². The van der Waals surface area contributed by atoms with Crippen molar-refractivity contribution in [3.05, 3.63) is 47.8 Å². The molecule has 2 unspecified atom stereocenters. The Hall–Kier alpha value is -2.67. The molecule has 1 saturated heterocycles. The summed E-state index contributed by atoms with van der Waals surface area (Å²) in [7, 11) is 0. The minimum atomic E-state index is -0.136. The summed E-state index contributed by atoms with van der Waals surface area (Å²) in [6.45, 7) is 12.2. The summed E-state index contributed by atoms with van der Waals surface area (Å²) < 4.78 is 5.78. The molecule has 0 aromatic carbocycles. The molecule has 156 valence electrons. The highest BCUT2D eigenvalue weighted by Crippen LogP contribution is 2.18. The van der Waals surface area contributed by atoms with Gasteiger partial charge in [-0.1, -0.05) is 6.07 Å². The van der Waals surface area contributed by atoms with Crippen LogP contribution in [0.2, 0.25) is 0 Å². The van der Waals surface area contributed by atoms with Crippen LogP contribution in [0.15, 0.2) is 36.7 Å². The first-order chi connectivity index (χ1) is 14.0. The first kappa shape index (κ1) is 21.0. The Kier molecular flexibility index (Phi) is 7.04. The number of nitrogens with one attached hydrogen (secondary N) is 1. The van der Waals surface area contributed by atoms with Crippen LogP contribution in [0.3, 0.4) is 0 Å². The molecule has 1 aliphatic rings.